The number of amides is 3. The van der Waals surface area contributed by atoms with Crippen molar-refractivity contribution in [2.75, 3.05) is 38.3 Å². The molecule has 0 radical (unpaired) electrons. The molecule has 2 heterocycles. The zero-order valence-electron chi connectivity index (χ0n) is 24.6. The lowest BCUT2D eigenvalue weighted by atomic mass is 9.99. The number of nitrogens with zero attached hydrogens (tertiary/aromatic N) is 3. The number of rotatable bonds is 8. The summed E-state index contributed by atoms with van der Waals surface area (Å²) in [6.07, 6.45) is 2.67. The van der Waals surface area contributed by atoms with Crippen molar-refractivity contribution in [1.82, 2.24) is 9.80 Å². The van der Waals surface area contributed by atoms with Crippen molar-refractivity contribution in [3.8, 4) is 5.75 Å². The quantitative estimate of drug-likeness (QED) is 0.386. The summed E-state index contributed by atoms with van der Waals surface area (Å²) < 4.78 is 16.8. The molecule has 218 valence electrons. The van der Waals surface area contributed by atoms with Crippen molar-refractivity contribution in [2.24, 2.45) is 0 Å². The molecule has 0 unspecified atom stereocenters. The van der Waals surface area contributed by atoms with E-state index >= 15 is 0 Å². The lowest BCUT2D eigenvalue weighted by Crippen LogP contribution is -2.54. The van der Waals surface area contributed by atoms with Crippen LogP contribution in [0.1, 0.15) is 84.5 Å². The number of hydrogen-bond acceptors (Lipinski definition) is 6. The maximum absolute atomic E-state index is 14.1. The van der Waals surface area contributed by atoms with Gasteiger partial charge in [-0.25, -0.2) is 4.79 Å². The Labute approximate surface area is 237 Å². The first-order valence-electron chi connectivity index (χ1n) is 13.8. The smallest absolute Gasteiger partial charge is 0.410 e. The number of likely N-dealkylation sites (tertiary alicyclic amines) is 1. The summed E-state index contributed by atoms with van der Waals surface area (Å²) in [5.74, 6) is 0.0531. The third-order valence-electron chi connectivity index (χ3n) is 6.91. The predicted molar refractivity (Wildman–Crippen MR) is 152 cm³/mol. The number of carbonyl (C=O) groups is 3. The van der Waals surface area contributed by atoms with Crippen LogP contribution in [0, 0.1) is 0 Å². The Morgan fingerprint density at radius 3 is 2.54 bits per heavy atom. The van der Waals surface area contributed by atoms with Gasteiger partial charge in [0.05, 0.1) is 22.3 Å². The highest BCUT2D eigenvalue weighted by Gasteiger charge is 2.42. The molecule has 1 saturated heterocycles. The topological polar surface area (TPSA) is 88.6 Å². The molecule has 0 spiro atoms. The van der Waals surface area contributed by atoms with Gasteiger partial charge in [-0.15, -0.1) is 0 Å². The van der Waals surface area contributed by atoms with Gasteiger partial charge >= 0.3 is 6.09 Å². The molecule has 1 fully saturated rings. The Morgan fingerprint density at radius 2 is 1.92 bits per heavy atom. The second kappa shape index (κ2) is 12.3. The van der Waals surface area contributed by atoms with Crippen molar-refractivity contribution < 1.29 is 28.6 Å². The highest BCUT2D eigenvalue weighted by atomic mass is 35.5. The molecule has 39 heavy (non-hydrogen) atoms. The third-order valence-corrected chi connectivity index (χ3v) is 7.22. The summed E-state index contributed by atoms with van der Waals surface area (Å²) in [4.78, 5) is 45.3. The van der Waals surface area contributed by atoms with Crippen LogP contribution in [0.15, 0.2) is 12.1 Å². The summed E-state index contributed by atoms with van der Waals surface area (Å²) in [7, 11) is 1.65. The Hall–Kier alpha value is -2.52. The van der Waals surface area contributed by atoms with E-state index in [1.807, 2.05) is 34.6 Å². The van der Waals surface area contributed by atoms with E-state index in [2.05, 4.69) is 0 Å². The molecule has 3 amide bonds. The van der Waals surface area contributed by atoms with Crippen LogP contribution in [-0.4, -0.2) is 84.3 Å². The number of halogens is 1. The van der Waals surface area contributed by atoms with Crippen LogP contribution in [-0.2, 0) is 14.3 Å². The summed E-state index contributed by atoms with van der Waals surface area (Å²) in [6.45, 7) is 14.9. The largest absolute Gasteiger partial charge is 0.476 e. The van der Waals surface area contributed by atoms with Gasteiger partial charge in [-0.2, -0.15) is 0 Å². The highest BCUT2D eigenvalue weighted by molar-refractivity contribution is 6.34. The van der Waals surface area contributed by atoms with Gasteiger partial charge in [-0.1, -0.05) is 11.6 Å². The first-order chi connectivity index (χ1) is 18.2. The minimum Gasteiger partial charge on any atom is -0.476 e. The van der Waals surface area contributed by atoms with Gasteiger partial charge in [0.25, 0.3) is 11.8 Å². The molecule has 0 aliphatic carbocycles. The summed E-state index contributed by atoms with van der Waals surface area (Å²) in [5, 5.41) is 0.258. The minimum absolute atomic E-state index is 0.143. The molecular formula is C29H44ClN3O6. The molecule has 1 aromatic carbocycles. The number of fused-ring (bicyclic) bond motifs is 1. The van der Waals surface area contributed by atoms with E-state index in [9.17, 15) is 14.4 Å². The molecule has 9 nitrogen and oxygen atoms in total. The number of anilines is 1. The highest BCUT2D eigenvalue weighted by Crippen LogP contribution is 2.42. The molecule has 0 saturated carbocycles. The molecule has 3 rings (SSSR count). The lowest BCUT2D eigenvalue weighted by Gasteiger charge is -2.42. The van der Waals surface area contributed by atoms with Crippen molar-refractivity contribution in [3.05, 3.63) is 22.7 Å². The molecule has 1 atom stereocenters. The molecule has 1 aromatic rings. The van der Waals surface area contributed by atoms with Crippen LogP contribution in [0.2, 0.25) is 5.02 Å². The summed E-state index contributed by atoms with van der Waals surface area (Å²) in [6, 6.07) is 2.96. The fourth-order valence-corrected chi connectivity index (χ4v) is 5.36. The molecule has 2 aliphatic rings. The van der Waals surface area contributed by atoms with Crippen LogP contribution in [0.25, 0.3) is 0 Å². The van der Waals surface area contributed by atoms with E-state index in [0.717, 1.165) is 25.7 Å². The fraction of sp³-hybridized carbons (Fsp3) is 0.690. The Kier molecular flexibility index (Phi) is 9.81. The van der Waals surface area contributed by atoms with Crippen molar-refractivity contribution in [3.63, 3.8) is 0 Å². The van der Waals surface area contributed by atoms with Crippen LogP contribution in [0.3, 0.4) is 0 Å². The second-order valence-electron chi connectivity index (χ2n) is 12.1. The molecule has 0 N–H and O–H groups in total. The lowest BCUT2D eigenvalue weighted by molar-refractivity contribution is -0.132. The van der Waals surface area contributed by atoms with E-state index in [1.165, 1.54) is 0 Å². The molecule has 2 aliphatic heterocycles. The van der Waals surface area contributed by atoms with Gasteiger partial charge in [-0.05, 0) is 80.2 Å². The average Bonchev–Trinajstić information content (AvgIpc) is 2.82. The van der Waals surface area contributed by atoms with Gasteiger partial charge in [0, 0.05) is 45.5 Å². The Bertz CT molecular complexity index is 1070. The number of methoxy groups -OCH3 is 1. The SMILES string of the molecule is COCCCCN1C(=O)C(C)(C)Oc2cc(Cl)c(C(=O)N(C(C)C)[C@@H]3CCCN(C(=O)OC(C)(C)C)C3)cc21. The maximum Gasteiger partial charge on any atom is 0.410 e. The molecule has 0 bridgehead atoms. The third kappa shape index (κ3) is 7.37. The van der Waals surface area contributed by atoms with E-state index in [-0.39, 0.29) is 35.0 Å². The van der Waals surface area contributed by atoms with Crippen LogP contribution < -0.4 is 9.64 Å². The van der Waals surface area contributed by atoms with Crippen LogP contribution >= 0.6 is 11.6 Å². The van der Waals surface area contributed by atoms with E-state index in [0.29, 0.717) is 43.2 Å². The standard InChI is InChI=1S/C29H44ClN3O6/c1-19(2)33(20-12-11-13-31(18-20)27(36)39-28(3,4)5)25(34)21-16-23-24(17-22(21)30)38-29(6,7)26(35)32(23)14-9-10-15-37-8/h16-17,19-20H,9-15,18H2,1-8H3/t20-/m1/s1. The van der Waals surface area contributed by atoms with Gasteiger partial charge in [-0.3, -0.25) is 9.59 Å². The van der Waals surface area contributed by atoms with Crippen molar-refractivity contribution in [2.45, 2.75) is 97.4 Å². The minimum atomic E-state index is -1.06. The number of hydrogen-bond donors (Lipinski definition) is 0. The molecular weight excluding hydrogens is 522 g/mol. The first kappa shape index (κ1) is 31.0. The monoisotopic (exact) mass is 565 g/mol. The summed E-state index contributed by atoms with van der Waals surface area (Å²) >= 11 is 6.69. The number of piperidine rings is 1. The Balaban J connectivity index is 1.91. The van der Waals surface area contributed by atoms with E-state index in [1.54, 1.807) is 47.8 Å². The van der Waals surface area contributed by atoms with Gasteiger partial charge in [0.15, 0.2) is 5.60 Å². The van der Waals surface area contributed by atoms with Gasteiger partial charge < -0.3 is 28.9 Å². The second-order valence-corrected chi connectivity index (χ2v) is 12.5. The molecule has 0 aromatic heterocycles. The Morgan fingerprint density at radius 1 is 1.23 bits per heavy atom. The predicted octanol–water partition coefficient (Wildman–Crippen LogP) is 5.52. The first-order valence-corrected chi connectivity index (χ1v) is 14.2. The number of carbonyl (C=O) groups excluding carboxylic acids is 3. The zero-order valence-corrected chi connectivity index (χ0v) is 25.4. The van der Waals surface area contributed by atoms with Crippen LogP contribution in [0.5, 0.6) is 5.75 Å². The van der Waals surface area contributed by atoms with Gasteiger partial charge in [0.1, 0.15) is 11.4 Å². The molecule has 10 heteroatoms. The zero-order chi connectivity index (χ0) is 29.1. The number of benzene rings is 1. The maximum atomic E-state index is 14.1. The number of unbranched alkanes of at least 4 members (excludes halogenated alkanes) is 1. The van der Waals surface area contributed by atoms with Crippen LogP contribution in [0.4, 0.5) is 10.5 Å². The summed E-state index contributed by atoms with van der Waals surface area (Å²) in [5.41, 5.74) is -0.818. The number of ether oxygens (including phenoxy) is 3. The van der Waals surface area contributed by atoms with E-state index in [4.69, 9.17) is 25.8 Å². The van der Waals surface area contributed by atoms with E-state index < -0.39 is 11.2 Å². The normalized spacial score (nSPS) is 19.0. The van der Waals surface area contributed by atoms with Gasteiger partial charge in [0.2, 0.25) is 0 Å². The average molecular weight is 566 g/mol. The van der Waals surface area contributed by atoms with Crippen molar-refractivity contribution in [1.29, 1.82) is 0 Å². The fourth-order valence-electron chi connectivity index (χ4n) is 5.13. The van der Waals surface area contributed by atoms with Crippen molar-refractivity contribution >= 4 is 35.2 Å².